The topological polar surface area (TPSA) is 74.0 Å². The van der Waals surface area contributed by atoms with E-state index in [-0.39, 0.29) is 11.9 Å². The minimum atomic E-state index is -0.188. The lowest BCUT2D eigenvalue weighted by molar-refractivity contribution is 0.189. The molecule has 2 aromatic rings. The highest BCUT2D eigenvalue weighted by Crippen LogP contribution is 2.19. The molecular weight excluding hydrogens is 338 g/mol. The molecule has 1 aromatic heterocycles. The van der Waals surface area contributed by atoms with Crippen molar-refractivity contribution >= 4 is 23.4 Å². The van der Waals surface area contributed by atoms with Crippen molar-refractivity contribution in [3.05, 3.63) is 46.6 Å². The van der Waals surface area contributed by atoms with E-state index in [1.54, 1.807) is 9.58 Å². The van der Waals surface area contributed by atoms with Crippen molar-refractivity contribution < 1.29 is 4.79 Å². The zero-order chi connectivity index (χ0) is 17.8. The van der Waals surface area contributed by atoms with Crippen LogP contribution in [0.3, 0.4) is 0 Å². The molecule has 1 aromatic carbocycles. The number of urea groups is 1. The Morgan fingerprint density at radius 1 is 1.48 bits per heavy atom. The lowest BCUT2D eigenvalue weighted by Crippen LogP contribution is -2.42. The lowest BCUT2D eigenvalue weighted by atomic mass is 10.0. The molecule has 2 heterocycles. The second-order valence-electron chi connectivity index (χ2n) is 6.30. The van der Waals surface area contributed by atoms with Crippen LogP contribution in [0.5, 0.6) is 0 Å². The Labute approximate surface area is 152 Å². The van der Waals surface area contributed by atoms with Gasteiger partial charge in [0.05, 0.1) is 24.2 Å². The Bertz CT molecular complexity index is 810. The quantitative estimate of drug-likeness (QED) is 0.910. The fraction of sp³-hybridized carbons (Fsp3) is 0.389. The highest BCUT2D eigenvalue weighted by Gasteiger charge is 2.24. The zero-order valence-electron chi connectivity index (χ0n) is 14.1. The summed E-state index contributed by atoms with van der Waals surface area (Å²) in [4.78, 5) is 14.2. The third kappa shape index (κ3) is 4.31. The first-order valence-electron chi connectivity index (χ1n) is 8.29. The maximum atomic E-state index is 12.5. The highest BCUT2D eigenvalue weighted by atomic mass is 35.5. The number of aryl methyl sites for hydroxylation is 1. The molecule has 6 nitrogen and oxygen atoms in total. The standard InChI is InChI=1S/C18H20ClN5O/c1-13-8-17(21-18(25)23-7-3-5-15(10-20)11-23)24(22-13)12-14-4-2-6-16(19)9-14/h2,4,6,8-9,15H,3,5,7,11-12H2,1H3,(H,21,25)/t15-/m0/s1. The Kier molecular flexibility index (Phi) is 5.25. The van der Waals surface area contributed by atoms with Crippen LogP contribution in [0.25, 0.3) is 0 Å². The number of likely N-dealkylation sites (tertiary alicyclic amines) is 1. The van der Waals surface area contributed by atoms with Crippen LogP contribution in [0.4, 0.5) is 10.6 Å². The third-order valence-corrected chi connectivity index (χ3v) is 4.48. The predicted octanol–water partition coefficient (Wildman–Crippen LogP) is 3.66. The molecule has 130 valence electrons. The fourth-order valence-electron chi connectivity index (χ4n) is 3.03. The van der Waals surface area contributed by atoms with Crippen LogP contribution in [0, 0.1) is 24.2 Å². The number of nitriles is 1. The smallest absolute Gasteiger partial charge is 0.323 e. The molecule has 0 saturated carbocycles. The normalized spacial score (nSPS) is 17.2. The van der Waals surface area contributed by atoms with Crippen LogP contribution < -0.4 is 5.32 Å². The molecule has 1 aliphatic rings. The van der Waals surface area contributed by atoms with E-state index in [1.165, 1.54) is 0 Å². The molecule has 0 spiro atoms. The van der Waals surface area contributed by atoms with Crippen molar-refractivity contribution in [2.45, 2.75) is 26.3 Å². The number of piperidine rings is 1. The van der Waals surface area contributed by atoms with Gasteiger partial charge in [-0.05, 0) is 37.5 Å². The number of hydrogen-bond donors (Lipinski definition) is 1. The number of nitrogens with one attached hydrogen (secondary N) is 1. The Morgan fingerprint density at radius 2 is 2.32 bits per heavy atom. The molecular formula is C18H20ClN5O. The maximum Gasteiger partial charge on any atom is 0.323 e. The predicted molar refractivity (Wildman–Crippen MR) is 96.4 cm³/mol. The molecule has 25 heavy (non-hydrogen) atoms. The summed E-state index contributed by atoms with van der Waals surface area (Å²) in [5.41, 5.74) is 1.83. The van der Waals surface area contributed by atoms with Crippen molar-refractivity contribution in [1.29, 1.82) is 5.26 Å². The number of nitrogens with zero attached hydrogens (tertiary/aromatic N) is 4. The SMILES string of the molecule is Cc1cc(NC(=O)N2CCC[C@@H](C#N)C2)n(Cc2cccc(Cl)c2)n1. The first kappa shape index (κ1) is 17.3. The van der Waals surface area contributed by atoms with Crippen LogP contribution in [-0.4, -0.2) is 33.8 Å². The average molecular weight is 358 g/mol. The summed E-state index contributed by atoms with van der Waals surface area (Å²) in [6.07, 6.45) is 1.71. The van der Waals surface area contributed by atoms with Crippen LogP contribution in [0.2, 0.25) is 5.02 Å². The Hall–Kier alpha value is -2.52. The van der Waals surface area contributed by atoms with Crippen LogP contribution >= 0.6 is 11.6 Å². The number of halogens is 1. The molecule has 0 bridgehead atoms. The number of carbonyl (C=O) groups excluding carboxylic acids is 1. The number of anilines is 1. The van der Waals surface area contributed by atoms with Gasteiger partial charge in [-0.25, -0.2) is 9.48 Å². The summed E-state index contributed by atoms with van der Waals surface area (Å²) in [6, 6.07) is 11.5. The van der Waals surface area contributed by atoms with Gasteiger partial charge in [-0.3, -0.25) is 5.32 Å². The summed E-state index contributed by atoms with van der Waals surface area (Å²) in [5.74, 6) is 0.555. The van der Waals surface area contributed by atoms with E-state index < -0.39 is 0 Å². The summed E-state index contributed by atoms with van der Waals surface area (Å²) in [5, 5.41) is 17.1. The van der Waals surface area contributed by atoms with Gasteiger partial charge in [-0.15, -0.1) is 0 Å². The summed E-state index contributed by atoms with van der Waals surface area (Å²) in [6.45, 7) is 3.55. The van der Waals surface area contributed by atoms with E-state index in [0.29, 0.717) is 30.5 Å². The number of benzene rings is 1. The molecule has 1 N–H and O–H groups in total. The molecule has 1 fully saturated rings. The van der Waals surface area contributed by atoms with Gasteiger partial charge in [0.15, 0.2) is 0 Å². The largest absolute Gasteiger partial charge is 0.323 e. The van der Waals surface area contributed by atoms with Crippen molar-refractivity contribution in [1.82, 2.24) is 14.7 Å². The van der Waals surface area contributed by atoms with Crippen molar-refractivity contribution in [2.75, 3.05) is 18.4 Å². The lowest BCUT2D eigenvalue weighted by Gasteiger charge is -2.29. The van der Waals surface area contributed by atoms with Gasteiger partial charge in [0.2, 0.25) is 0 Å². The van der Waals surface area contributed by atoms with E-state index in [2.05, 4.69) is 16.5 Å². The molecule has 7 heteroatoms. The van der Waals surface area contributed by atoms with Gasteiger partial charge in [-0.1, -0.05) is 23.7 Å². The Balaban J connectivity index is 1.72. The van der Waals surface area contributed by atoms with E-state index in [9.17, 15) is 4.79 Å². The van der Waals surface area contributed by atoms with Gasteiger partial charge in [0, 0.05) is 24.2 Å². The first-order chi connectivity index (χ1) is 12.0. The van der Waals surface area contributed by atoms with Gasteiger partial charge in [0.1, 0.15) is 5.82 Å². The second kappa shape index (κ2) is 7.58. The molecule has 0 aliphatic carbocycles. The summed E-state index contributed by atoms with van der Waals surface area (Å²) < 4.78 is 1.75. The van der Waals surface area contributed by atoms with E-state index >= 15 is 0 Å². The van der Waals surface area contributed by atoms with Gasteiger partial charge in [-0.2, -0.15) is 10.4 Å². The number of carbonyl (C=O) groups is 1. The van der Waals surface area contributed by atoms with Crippen molar-refractivity contribution in [3.8, 4) is 6.07 Å². The molecule has 2 amide bonds. The second-order valence-corrected chi connectivity index (χ2v) is 6.74. The minimum Gasteiger partial charge on any atom is -0.323 e. The van der Waals surface area contributed by atoms with E-state index in [1.807, 2.05) is 37.3 Å². The molecule has 1 aliphatic heterocycles. The van der Waals surface area contributed by atoms with E-state index in [0.717, 1.165) is 24.1 Å². The molecule has 0 radical (unpaired) electrons. The molecule has 1 saturated heterocycles. The number of amides is 2. The first-order valence-corrected chi connectivity index (χ1v) is 8.67. The average Bonchev–Trinajstić information content (AvgIpc) is 2.94. The van der Waals surface area contributed by atoms with E-state index in [4.69, 9.17) is 16.9 Å². The monoisotopic (exact) mass is 357 g/mol. The number of rotatable bonds is 3. The van der Waals surface area contributed by atoms with Gasteiger partial charge in [0.25, 0.3) is 0 Å². The molecule has 1 atom stereocenters. The fourth-order valence-corrected chi connectivity index (χ4v) is 3.24. The maximum absolute atomic E-state index is 12.5. The van der Waals surface area contributed by atoms with Crippen LogP contribution in [-0.2, 0) is 6.54 Å². The Morgan fingerprint density at radius 3 is 3.08 bits per heavy atom. The minimum absolute atomic E-state index is 0.0855. The van der Waals surface area contributed by atoms with Gasteiger partial charge < -0.3 is 4.90 Å². The third-order valence-electron chi connectivity index (χ3n) is 4.25. The van der Waals surface area contributed by atoms with Crippen molar-refractivity contribution in [3.63, 3.8) is 0 Å². The van der Waals surface area contributed by atoms with Gasteiger partial charge >= 0.3 is 6.03 Å². The summed E-state index contributed by atoms with van der Waals surface area (Å²) >= 11 is 6.04. The molecule has 3 rings (SSSR count). The highest BCUT2D eigenvalue weighted by molar-refractivity contribution is 6.30. The van der Waals surface area contributed by atoms with Crippen LogP contribution in [0.1, 0.15) is 24.1 Å². The zero-order valence-corrected chi connectivity index (χ0v) is 14.8. The number of hydrogen-bond acceptors (Lipinski definition) is 3. The molecule has 0 unspecified atom stereocenters. The number of aromatic nitrogens is 2. The van der Waals surface area contributed by atoms with Crippen LogP contribution in [0.15, 0.2) is 30.3 Å². The summed E-state index contributed by atoms with van der Waals surface area (Å²) in [7, 11) is 0. The van der Waals surface area contributed by atoms with Crippen molar-refractivity contribution in [2.24, 2.45) is 5.92 Å².